The quantitative estimate of drug-likeness (QED) is 0.210. The topological polar surface area (TPSA) is 58.6 Å². The van der Waals surface area contributed by atoms with Crippen molar-refractivity contribution in [1.82, 2.24) is 4.98 Å². The van der Waals surface area contributed by atoms with Crippen molar-refractivity contribution in [3.63, 3.8) is 0 Å². The number of aromatic hydroxyl groups is 1. The molecule has 0 spiro atoms. The van der Waals surface area contributed by atoms with Crippen LogP contribution in [0.5, 0.6) is 5.75 Å². The molecule has 5 heteroatoms. The normalized spacial score (nSPS) is 12.4. The predicted octanol–water partition coefficient (Wildman–Crippen LogP) is 8.82. The van der Waals surface area contributed by atoms with Crippen molar-refractivity contribution >= 4 is 38.9 Å². The highest BCUT2D eigenvalue weighted by Crippen LogP contribution is 2.32. The van der Waals surface area contributed by atoms with Crippen LogP contribution in [0.25, 0.3) is 22.6 Å². The van der Waals surface area contributed by atoms with Crippen LogP contribution in [-0.4, -0.2) is 16.3 Å². The van der Waals surface area contributed by atoms with Gasteiger partial charge in [-0.2, -0.15) is 0 Å². The second kappa shape index (κ2) is 10.5. The Bertz CT molecular complexity index is 1540. The van der Waals surface area contributed by atoms with Crippen LogP contribution in [0.1, 0.15) is 48.4 Å². The first kappa shape index (κ1) is 24.0. The van der Waals surface area contributed by atoms with Crippen molar-refractivity contribution in [2.75, 3.05) is 0 Å². The number of phenolic OH excluding ortho intramolecular Hbond substituents is 1. The number of hydrogen-bond acceptors (Lipinski definition) is 4. The number of benzene rings is 4. The Hall–Kier alpha value is -3.70. The molecule has 4 nitrogen and oxygen atoms in total. The number of rotatable bonds is 7. The molecular formula is C31H27BrN2O2. The molecule has 0 amide bonds. The van der Waals surface area contributed by atoms with E-state index in [4.69, 9.17) is 9.40 Å². The maximum atomic E-state index is 10.6. The minimum absolute atomic E-state index is 0.169. The number of hydrogen-bond donors (Lipinski definition) is 1. The Kier molecular flexibility index (Phi) is 7.01. The van der Waals surface area contributed by atoms with Gasteiger partial charge in [0, 0.05) is 17.3 Å². The molecule has 1 N–H and O–H groups in total. The first-order valence-electron chi connectivity index (χ1n) is 12.1. The molecular weight excluding hydrogens is 512 g/mol. The van der Waals surface area contributed by atoms with Crippen LogP contribution in [0.4, 0.5) is 5.69 Å². The molecule has 0 radical (unpaired) electrons. The Morgan fingerprint density at radius 3 is 2.61 bits per heavy atom. The summed E-state index contributed by atoms with van der Waals surface area (Å²) >= 11 is 3.48. The average Bonchev–Trinajstić information content (AvgIpc) is 3.34. The van der Waals surface area contributed by atoms with E-state index < -0.39 is 0 Å². The molecule has 0 aliphatic rings. The van der Waals surface area contributed by atoms with Gasteiger partial charge in [-0.3, -0.25) is 4.99 Å². The van der Waals surface area contributed by atoms with Crippen molar-refractivity contribution in [3.8, 4) is 17.2 Å². The van der Waals surface area contributed by atoms with Gasteiger partial charge in [0.05, 0.1) is 10.2 Å². The first-order chi connectivity index (χ1) is 17.5. The Morgan fingerprint density at radius 2 is 1.81 bits per heavy atom. The Labute approximate surface area is 219 Å². The fourth-order valence-corrected chi connectivity index (χ4v) is 4.71. The standard InChI is InChI=1S/C31H27BrN2O2/c1-3-20(2)23-12-13-29-28(18-23)34-31(36-29)24-10-7-11-26(17-24)33-19-25-15-22(16-27(32)30(25)35)14-21-8-5-4-6-9-21/h4-13,15-20,35H,3,14H2,1-2H3. The van der Waals surface area contributed by atoms with Gasteiger partial charge in [0.25, 0.3) is 0 Å². The number of halogens is 1. The van der Waals surface area contributed by atoms with E-state index in [0.29, 0.717) is 21.8 Å². The summed E-state index contributed by atoms with van der Waals surface area (Å²) in [4.78, 5) is 9.37. The second-order valence-corrected chi connectivity index (χ2v) is 9.90. The van der Waals surface area contributed by atoms with Gasteiger partial charge in [-0.25, -0.2) is 4.98 Å². The van der Waals surface area contributed by atoms with Crippen LogP contribution in [-0.2, 0) is 6.42 Å². The molecule has 1 aromatic heterocycles. The summed E-state index contributed by atoms with van der Waals surface area (Å²) in [5.74, 6) is 1.22. The third-order valence-electron chi connectivity index (χ3n) is 6.44. The number of nitrogens with zero attached hydrogens (tertiary/aromatic N) is 2. The Morgan fingerprint density at radius 1 is 0.972 bits per heavy atom. The third-order valence-corrected chi connectivity index (χ3v) is 7.05. The van der Waals surface area contributed by atoms with E-state index in [0.717, 1.165) is 40.8 Å². The minimum atomic E-state index is 0.169. The molecule has 5 aromatic rings. The van der Waals surface area contributed by atoms with E-state index in [1.54, 1.807) is 6.21 Å². The summed E-state index contributed by atoms with van der Waals surface area (Å²) in [5, 5.41) is 10.6. The van der Waals surface area contributed by atoms with Crippen molar-refractivity contribution in [2.45, 2.75) is 32.6 Å². The highest BCUT2D eigenvalue weighted by molar-refractivity contribution is 9.10. The highest BCUT2D eigenvalue weighted by atomic mass is 79.9. The molecule has 0 saturated carbocycles. The van der Waals surface area contributed by atoms with Crippen LogP contribution in [0, 0.1) is 0 Å². The van der Waals surface area contributed by atoms with Gasteiger partial charge in [-0.05, 0) is 93.8 Å². The van der Waals surface area contributed by atoms with Gasteiger partial charge in [-0.1, -0.05) is 56.3 Å². The van der Waals surface area contributed by atoms with E-state index >= 15 is 0 Å². The van der Waals surface area contributed by atoms with Crippen LogP contribution < -0.4 is 0 Å². The van der Waals surface area contributed by atoms with E-state index in [9.17, 15) is 5.11 Å². The number of fused-ring (bicyclic) bond motifs is 1. The first-order valence-corrected chi connectivity index (χ1v) is 12.9. The summed E-state index contributed by atoms with van der Waals surface area (Å²) in [6.07, 6.45) is 3.54. The smallest absolute Gasteiger partial charge is 0.227 e. The molecule has 0 saturated heterocycles. The third kappa shape index (κ3) is 5.26. The second-order valence-electron chi connectivity index (χ2n) is 9.04. The van der Waals surface area contributed by atoms with Crippen LogP contribution in [0.15, 0.2) is 98.8 Å². The van der Waals surface area contributed by atoms with Gasteiger partial charge in [0.1, 0.15) is 11.3 Å². The molecule has 4 aromatic carbocycles. The van der Waals surface area contributed by atoms with Crippen molar-refractivity contribution in [2.24, 2.45) is 4.99 Å². The number of aliphatic imine (C=N–C) groups is 1. The number of aromatic nitrogens is 1. The lowest BCUT2D eigenvalue weighted by atomic mass is 9.98. The zero-order valence-corrected chi connectivity index (χ0v) is 21.9. The summed E-state index contributed by atoms with van der Waals surface area (Å²) in [5.41, 5.74) is 7.46. The fraction of sp³-hybridized carbons (Fsp3) is 0.161. The number of phenols is 1. The fourth-order valence-electron chi connectivity index (χ4n) is 4.18. The molecule has 1 heterocycles. The summed E-state index contributed by atoms with van der Waals surface area (Å²) in [7, 11) is 0. The van der Waals surface area contributed by atoms with Crippen LogP contribution in [0.2, 0.25) is 0 Å². The van der Waals surface area contributed by atoms with Gasteiger partial charge in [0.15, 0.2) is 5.58 Å². The largest absolute Gasteiger partial charge is 0.506 e. The SMILES string of the molecule is CCC(C)c1ccc2oc(-c3cccc(N=Cc4cc(Cc5ccccc5)cc(Br)c4O)c3)nc2c1. The van der Waals surface area contributed by atoms with E-state index in [-0.39, 0.29) is 5.75 Å². The van der Waals surface area contributed by atoms with Gasteiger partial charge in [-0.15, -0.1) is 0 Å². The molecule has 5 rings (SSSR count). The van der Waals surface area contributed by atoms with Crippen LogP contribution in [0.3, 0.4) is 0 Å². The lowest BCUT2D eigenvalue weighted by Gasteiger charge is -2.08. The van der Waals surface area contributed by atoms with E-state index in [2.05, 4.69) is 59.0 Å². The summed E-state index contributed by atoms with van der Waals surface area (Å²) in [6.45, 7) is 4.41. The van der Waals surface area contributed by atoms with Crippen LogP contribution >= 0.6 is 15.9 Å². The summed E-state index contributed by atoms with van der Waals surface area (Å²) < 4.78 is 6.69. The summed E-state index contributed by atoms with van der Waals surface area (Å²) in [6, 6.07) is 28.2. The van der Waals surface area contributed by atoms with Gasteiger partial charge < -0.3 is 9.52 Å². The number of oxazole rings is 1. The Balaban J connectivity index is 1.41. The van der Waals surface area contributed by atoms with E-state index in [1.807, 2.05) is 60.7 Å². The van der Waals surface area contributed by atoms with Crippen molar-refractivity contribution < 1.29 is 9.52 Å². The highest BCUT2D eigenvalue weighted by Gasteiger charge is 2.12. The molecule has 0 aliphatic heterocycles. The molecule has 0 bridgehead atoms. The monoisotopic (exact) mass is 538 g/mol. The minimum Gasteiger partial charge on any atom is -0.506 e. The van der Waals surface area contributed by atoms with Crippen molar-refractivity contribution in [3.05, 3.63) is 112 Å². The lowest BCUT2D eigenvalue weighted by Crippen LogP contribution is -1.92. The molecule has 1 atom stereocenters. The molecule has 1 unspecified atom stereocenters. The maximum Gasteiger partial charge on any atom is 0.227 e. The van der Waals surface area contributed by atoms with Crippen molar-refractivity contribution in [1.29, 1.82) is 0 Å². The average molecular weight is 539 g/mol. The maximum absolute atomic E-state index is 10.6. The van der Waals surface area contributed by atoms with Gasteiger partial charge >= 0.3 is 0 Å². The zero-order chi connectivity index (χ0) is 25.1. The predicted molar refractivity (Wildman–Crippen MR) is 150 cm³/mol. The molecule has 0 fully saturated rings. The van der Waals surface area contributed by atoms with E-state index in [1.165, 1.54) is 11.1 Å². The molecule has 180 valence electrons. The molecule has 0 aliphatic carbocycles. The lowest BCUT2D eigenvalue weighted by molar-refractivity contribution is 0.471. The molecule has 36 heavy (non-hydrogen) atoms. The zero-order valence-electron chi connectivity index (χ0n) is 20.3. The van der Waals surface area contributed by atoms with Gasteiger partial charge in [0.2, 0.25) is 5.89 Å².